The van der Waals surface area contributed by atoms with Gasteiger partial charge < -0.3 is 25.0 Å². The number of morpholine rings is 1. The Morgan fingerprint density at radius 1 is 1.27 bits per heavy atom. The number of rotatable bonds is 5. The van der Waals surface area contributed by atoms with E-state index in [0.29, 0.717) is 55.1 Å². The topological polar surface area (TPSA) is 88.6 Å². The molecule has 162 valence electrons. The number of carbonyl (C=O) groups excluding carboxylic acids is 1. The third kappa shape index (κ3) is 4.56. The molecule has 0 aliphatic carbocycles. The van der Waals surface area contributed by atoms with Crippen molar-refractivity contribution in [2.75, 3.05) is 51.1 Å². The summed E-state index contributed by atoms with van der Waals surface area (Å²) in [6.45, 7) is 3.71. The van der Waals surface area contributed by atoms with Gasteiger partial charge in [-0.1, -0.05) is 0 Å². The van der Waals surface area contributed by atoms with Gasteiger partial charge in [-0.25, -0.2) is 4.98 Å². The van der Waals surface area contributed by atoms with Crippen molar-refractivity contribution in [3.8, 4) is 5.75 Å². The first-order chi connectivity index (χ1) is 14.2. The molecule has 1 fully saturated rings. The maximum Gasteiger partial charge on any atom is 0.421 e. The highest BCUT2D eigenvalue weighted by atomic mass is 19.4. The molecule has 0 unspecified atom stereocenters. The van der Waals surface area contributed by atoms with Crippen molar-refractivity contribution in [1.82, 2.24) is 14.9 Å². The van der Waals surface area contributed by atoms with Crippen LogP contribution in [0.3, 0.4) is 0 Å². The van der Waals surface area contributed by atoms with Crippen LogP contribution >= 0.6 is 0 Å². The third-order valence-electron chi connectivity index (χ3n) is 4.65. The monoisotopic (exact) mass is 425 g/mol. The van der Waals surface area contributed by atoms with Crippen LogP contribution in [0.25, 0.3) is 0 Å². The number of amides is 1. The minimum atomic E-state index is -4.57. The standard InChI is InChI=1S/C19H22F3N5O3/c1-11-8-12(17(28)27-4-6-30-7-5-27)15(29-3)9-14(11)25-18-24-10-13(19(20,21)22)16(23-2)26-18/h8-10H,4-7H2,1-3H3,(H2,23,24,25,26). The molecule has 1 aliphatic rings. The van der Waals surface area contributed by atoms with Gasteiger partial charge in [0.15, 0.2) is 0 Å². The van der Waals surface area contributed by atoms with E-state index >= 15 is 0 Å². The lowest BCUT2D eigenvalue weighted by molar-refractivity contribution is -0.137. The van der Waals surface area contributed by atoms with Crippen LogP contribution in [-0.4, -0.2) is 61.2 Å². The minimum Gasteiger partial charge on any atom is -0.496 e. The van der Waals surface area contributed by atoms with Crippen molar-refractivity contribution in [3.63, 3.8) is 0 Å². The summed E-state index contributed by atoms with van der Waals surface area (Å²) in [5, 5.41) is 5.32. The molecule has 0 radical (unpaired) electrons. The van der Waals surface area contributed by atoms with Crippen LogP contribution in [0.15, 0.2) is 18.3 Å². The lowest BCUT2D eigenvalue weighted by Crippen LogP contribution is -2.40. The first kappa shape index (κ1) is 21.6. The molecule has 0 saturated carbocycles. The molecule has 2 aromatic rings. The van der Waals surface area contributed by atoms with Crippen molar-refractivity contribution >= 4 is 23.4 Å². The molecule has 1 saturated heterocycles. The van der Waals surface area contributed by atoms with E-state index in [1.165, 1.54) is 14.2 Å². The second kappa shape index (κ2) is 8.74. The number of hydrogen-bond acceptors (Lipinski definition) is 7. The number of ether oxygens (including phenoxy) is 2. The van der Waals surface area contributed by atoms with E-state index in [0.717, 1.165) is 0 Å². The Hall–Kier alpha value is -3.08. The van der Waals surface area contributed by atoms with E-state index in [1.807, 2.05) is 0 Å². The Balaban J connectivity index is 1.89. The van der Waals surface area contributed by atoms with Crippen molar-refractivity contribution in [2.24, 2.45) is 0 Å². The second-order valence-electron chi connectivity index (χ2n) is 6.60. The quantitative estimate of drug-likeness (QED) is 0.761. The van der Waals surface area contributed by atoms with E-state index in [9.17, 15) is 18.0 Å². The van der Waals surface area contributed by atoms with E-state index in [2.05, 4.69) is 20.6 Å². The second-order valence-corrected chi connectivity index (χ2v) is 6.60. The molecule has 0 spiro atoms. The van der Waals surface area contributed by atoms with Crippen molar-refractivity contribution in [1.29, 1.82) is 0 Å². The molecule has 1 aromatic carbocycles. The highest BCUT2D eigenvalue weighted by molar-refractivity contribution is 5.98. The summed E-state index contributed by atoms with van der Waals surface area (Å²) in [5.74, 6) is -0.207. The van der Waals surface area contributed by atoms with Crippen LogP contribution in [0, 0.1) is 6.92 Å². The smallest absolute Gasteiger partial charge is 0.421 e. The van der Waals surface area contributed by atoms with Gasteiger partial charge in [0.25, 0.3) is 5.91 Å². The average Bonchev–Trinajstić information content (AvgIpc) is 2.74. The highest BCUT2D eigenvalue weighted by Gasteiger charge is 2.35. The van der Waals surface area contributed by atoms with E-state index in [-0.39, 0.29) is 17.7 Å². The predicted octanol–water partition coefficient (Wildman–Crippen LogP) is 3.07. The number of anilines is 3. The van der Waals surface area contributed by atoms with Crippen molar-refractivity contribution in [2.45, 2.75) is 13.1 Å². The van der Waals surface area contributed by atoms with Gasteiger partial charge in [0.2, 0.25) is 5.95 Å². The zero-order valence-corrected chi connectivity index (χ0v) is 16.8. The Morgan fingerprint density at radius 2 is 1.97 bits per heavy atom. The summed E-state index contributed by atoms with van der Waals surface area (Å²) in [7, 11) is 2.79. The molecule has 0 atom stereocenters. The normalized spacial score (nSPS) is 14.4. The van der Waals surface area contributed by atoms with E-state index in [1.54, 1.807) is 24.0 Å². The van der Waals surface area contributed by atoms with Crippen LogP contribution < -0.4 is 15.4 Å². The fourth-order valence-corrected chi connectivity index (χ4v) is 3.06. The number of aryl methyl sites for hydroxylation is 1. The van der Waals surface area contributed by atoms with Crippen LogP contribution in [0.2, 0.25) is 0 Å². The number of hydrogen-bond donors (Lipinski definition) is 2. The molecule has 30 heavy (non-hydrogen) atoms. The molecule has 8 nitrogen and oxygen atoms in total. The summed E-state index contributed by atoms with van der Waals surface area (Å²) in [4.78, 5) is 22.2. The molecule has 11 heteroatoms. The van der Waals surface area contributed by atoms with E-state index in [4.69, 9.17) is 9.47 Å². The molecule has 1 aliphatic heterocycles. The van der Waals surface area contributed by atoms with Gasteiger partial charge in [-0.15, -0.1) is 0 Å². The van der Waals surface area contributed by atoms with Crippen LogP contribution in [0.5, 0.6) is 5.75 Å². The number of aromatic nitrogens is 2. The zero-order valence-electron chi connectivity index (χ0n) is 16.8. The molecular weight excluding hydrogens is 403 g/mol. The fourth-order valence-electron chi connectivity index (χ4n) is 3.06. The Kier molecular flexibility index (Phi) is 6.30. The molecule has 1 amide bonds. The Labute approximate surface area is 171 Å². The van der Waals surface area contributed by atoms with Gasteiger partial charge in [-0.2, -0.15) is 18.2 Å². The van der Waals surface area contributed by atoms with Crippen molar-refractivity contribution < 1.29 is 27.4 Å². The number of nitrogens with one attached hydrogen (secondary N) is 2. The molecule has 1 aromatic heterocycles. The fraction of sp³-hybridized carbons (Fsp3) is 0.421. The maximum atomic E-state index is 13.0. The van der Waals surface area contributed by atoms with Gasteiger partial charge in [0, 0.05) is 38.1 Å². The zero-order chi connectivity index (χ0) is 21.9. The lowest BCUT2D eigenvalue weighted by atomic mass is 10.1. The number of halogens is 3. The number of nitrogens with zero attached hydrogens (tertiary/aromatic N) is 3. The van der Waals surface area contributed by atoms with Gasteiger partial charge >= 0.3 is 6.18 Å². The van der Waals surface area contributed by atoms with Gasteiger partial charge in [-0.05, 0) is 18.6 Å². The third-order valence-corrected chi connectivity index (χ3v) is 4.65. The minimum absolute atomic E-state index is 0.0234. The van der Waals surface area contributed by atoms with Crippen LogP contribution in [-0.2, 0) is 10.9 Å². The van der Waals surface area contributed by atoms with Crippen LogP contribution in [0.1, 0.15) is 21.5 Å². The molecule has 2 N–H and O–H groups in total. The number of carbonyl (C=O) groups is 1. The molecule has 2 heterocycles. The number of benzene rings is 1. The maximum absolute atomic E-state index is 13.0. The number of methoxy groups -OCH3 is 1. The van der Waals surface area contributed by atoms with Crippen LogP contribution in [0.4, 0.5) is 30.6 Å². The average molecular weight is 425 g/mol. The molecular formula is C19H22F3N5O3. The Morgan fingerprint density at radius 3 is 2.57 bits per heavy atom. The van der Waals surface area contributed by atoms with Gasteiger partial charge in [0.1, 0.15) is 17.1 Å². The van der Waals surface area contributed by atoms with Gasteiger partial charge in [0.05, 0.1) is 25.9 Å². The summed E-state index contributed by atoms with van der Waals surface area (Å²) >= 11 is 0. The highest BCUT2D eigenvalue weighted by Crippen LogP contribution is 2.34. The summed E-state index contributed by atoms with van der Waals surface area (Å²) in [6, 6.07) is 3.27. The lowest BCUT2D eigenvalue weighted by Gasteiger charge is -2.27. The van der Waals surface area contributed by atoms with Crippen molar-refractivity contribution in [3.05, 3.63) is 35.0 Å². The van der Waals surface area contributed by atoms with E-state index < -0.39 is 11.7 Å². The first-order valence-corrected chi connectivity index (χ1v) is 9.19. The SMILES string of the molecule is CNc1nc(Nc2cc(OC)c(C(=O)N3CCOCC3)cc2C)ncc1C(F)(F)F. The molecule has 3 rings (SSSR count). The summed E-state index contributed by atoms with van der Waals surface area (Å²) in [5.41, 5.74) is 0.622. The predicted molar refractivity (Wildman–Crippen MR) is 104 cm³/mol. The summed E-state index contributed by atoms with van der Waals surface area (Å²) in [6.07, 6.45) is -3.86. The van der Waals surface area contributed by atoms with Gasteiger partial charge in [-0.3, -0.25) is 4.79 Å². The molecule has 0 bridgehead atoms. The summed E-state index contributed by atoms with van der Waals surface area (Å²) < 4.78 is 49.7. The number of alkyl halides is 3. The largest absolute Gasteiger partial charge is 0.496 e. The Bertz CT molecular complexity index is 930. The first-order valence-electron chi connectivity index (χ1n) is 9.19.